The molecule has 2 fully saturated rings. The summed E-state index contributed by atoms with van der Waals surface area (Å²) in [6, 6.07) is 5.59. The van der Waals surface area contributed by atoms with Gasteiger partial charge in [-0.1, -0.05) is 0 Å². The molecule has 114 valence electrons. The van der Waals surface area contributed by atoms with Gasteiger partial charge in [-0.15, -0.1) is 0 Å². The van der Waals surface area contributed by atoms with Crippen molar-refractivity contribution < 1.29 is 14.3 Å². The predicted octanol–water partition coefficient (Wildman–Crippen LogP) is 1.92. The highest BCUT2D eigenvalue weighted by Crippen LogP contribution is 2.32. The van der Waals surface area contributed by atoms with Gasteiger partial charge in [0.05, 0.1) is 19.3 Å². The van der Waals surface area contributed by atoms with Gasteiger partial charge < -0.3 is 20.1 Å². The molecule has 0 aromatic heterocycles. The average molecular weight is 290 g/mol. The van der Waals surface area contributed by atoms with Gasteiger partial charge in [0.1, 0.15) is 5.75 Å². The fourth-order valence-corrected chi connectivity index (χ4v) is 2.83. The molecule has 2 N–H and O–H groups in total. The highest BCUT2D eigenvalue weighted by Gasteiger charge is 2.36. The molecule has 1 aromatic rings. The molecular weight excluding hydrogens is 268 g/mol. The van der Waals surface area contributed by atoms with Crippen molar-refractivity contribution in [3.63, 3.8) is 0 Å². The van der Waals surface area contributed by atoms with Gasteiger partial charge in [0.25, 0.3) is 5.91 Å². The first-order valence-corrected chi connectivity index (χ1v) is 7.51. The van der Waals surface area contributed by atoms with E-state index in [-0.39, 0.29) is 5.91 Å². The second-order valence-electron chi connectivity index (χ2n) is 5.88. The molecule has 1 saturated heterocycles. The third-order valence-electron chi connectivity index (χ3n) is 4.18. The molecule has 1 heterocycles. The summed E-state index contributed by atoms with van der Waals surface area (Å²) in [6.45, 7) is 2.34. The van der Waals surface area contributed by atoms with Crippen molar-refractivity contribution in [2.75, 3.05) is 32.6 Å². The summed E-state index contributed by atoms with van der Waals surface area (Å²) in [6.07, 6.45) is 3.22. The molecule has 1 aliphatic carbocycles. The molecule has 2 aliphatic rings. The summed E-state index contributed by atoms with van der Waals surface area (Å²) in [7, 11) is 1.57. The summed E-state index contributed by atoms with van der Waals surface area (Å²) in [5, 5.41) is 0. The number of hydrogen-bond acceptors (Lipinski definition) is 4. The Morgan fingerprint density at radius 2 is 2.24 bits per heavy atom. The molecular formula is C16H22N2O3. The maximum absolute atomic E-state index is 12.9. The number of anilines is 1. The van der Waals surface area contributed by atoms with Gasteiger partial charge in [-0.25, -0.2) is 0 Å². The molecule has 0 bridgehead atoms. The molecule has 5 heteroatoms. The second kappa shape index (κ2) is 5.93. The average Bonchev–Trinajstić information content (AvgIpc) is 3.20. The lowest BCUT2D eigenvalue weighted by Crippen LogP contribution is -2.37. The van der Waals surface area contributed by atoms with E-state index in [1.807, 2.05) is 4.90 Å². The van der Waals surface area contributed by atoms with E-state index in [1.54, 1.807) is 25.3 Å². The minimum atomic E-state index is 0.0428. The SMILES string of the molecule is COc1cc(N)ccc1C(=O)N(CC1CCOC1)C1CC1. The Bertz CT molecular complexity index is 522. The number of ether oxygens (including phenoxy) is 2. The van der Waals surface area contributed by atoms with Crippen molar-refractivity contribution >= 4 is 11.6 Å². The van der Waals surface area contributed by atoms with Crippen molar-refractivity contribution in [3.8, 4) is 5.75 Å². The van der Waals surface area contributed by atoms with Crippen LogP contribution in [0.5, 0.6) is 5.75 Å². The van der Waals surface area contributed by atoms with Crippen LogP contribution in [0.1, 0.15) is 29.6 Å². The van der Waals surface area contributed by atoms with Crippen LogP contribution >= 0.6 is 0 Å². The van der Waals surface area contributed by atoms with Crippen LogP contribution in [0.4, 0.5) is 5.69 Å². The minimum Gasteiger partial charge on any atom is -0.496 e. The molecule has 1 atom stereocenters. The number of carbonyl (C=O) groups is 1. The van der Waals surface area contributed by atoms with Gasteiger partial charge in [-0.2, -0.15) is 0 Å². The summed E-state index contributed by atoms with van der Waals surface area (Å²) in [4.78, 5) is 14.9. The first kappa shape index (κ1) is 14.2. The van der Waals surface area contributed by atoms with Crippen molar-refractivity contribution in [1.29, 1.82) is 0 Å². The molecule has 3 rings (SSSR count). The first-order chi connectivity index (χ1) is 10.2. The zero-order chi connectivity index (χ0) is 14.8. The Morgan fingerprint density at radius 1 is 1.43 bits per heavy atom. The van der Waals surface area contributed by atoms with Crippen LogP contribution in [0.2, 0.25) is 0 Å². The fourth-order valence-electron chi connectivity index (χ4n) is 2.83. The molecule has 1 aliphatic heterocycles. The molecule has 0 spiro atoms. The van der Waals surface area contributed by atoms with Crippen LogP contribution in [0, 0.1) is 5.92 Å². The Hall–Kier alpha value is -1.75. The van der Waals surface area contributed by atoms with Crippen molar-refractivity contribution in [1.82, 2.24) is 4.90 Å². The van der Waals surface area contributed by atoms with Crippen molar-refractivity contribution in [2.24, 2.45) is 5.92 Å². The smallest absolute Gasteiger partial charge is 0.257 e. The van der Waals surface area contributed by atoms with Crippen LogP contribution in [0.3, 0.4) is 0 Å². The normalized spacial score (nSPS) is 21.3. The Morgan fingerprint density at radius 3 is 2.86 bits per heavy atom. The standard InChI is InChI=1S/C16H22N2O3/c1-20-15-8-12(17)2-5-14(15)16(19)18(13-3-4-13)9-11-6-7-21-10-11/h2,5,8,11,13H,3-4,6-7,9-10,17H2,1H3. The van der Waals surface area contributed by atoms with E-state index in [0.29, 0.717) is 29.0 Å². The summed E-state index contributed by atoms with van der Waals surface area (Å²) in [5.74, 6) is 1.05. The van der Waals surface area contributed by atoms with E-state index in [4.69, 9.17) is 15.2 Å². The summed E-state index contributed by atoms with van der Waals surface area (Å²) >= 11 is 0. The Labute approximate surface area is 125 Å². The largest absolute Gasteiger partial charge is 0.496 e. The molecule has 0 radical (unpaired) electrons. The number of amides is 1. The van der Waals surface area contributed by atoms with Gasteiger partial charge in [0.2, 0.25) is 0 Å². The maximum Gasteiger partial charge on any atom is 0.257 e. The highest BCUT2D eigenvalue weighted by atomic mass is 16.5. The quantitative estimate of drug-likeness (QED) is 0.841. The molecule has 1 saturated carbocycles. The third-order valence-corrected chi connectivity index (χ3v) is 4.18. The monoisotopic (exact) mass is 290 g/mol. The Kier molecular flexibility index (Phi) is 4.01. The van der Waals surface area contributed by atoms with E-state index < -0.39 is 0 Å². The number of nitrogens with two attached hydrogens (primary N) is 1. The van der Waals surface area contributed by atoms with Crippen LogP contribution < -0.4 is 10.5 Å². The number of methoxy groups -OCH3 is 1. The van der Waals surface area contributed by atoms with E-state index >= 15 is 0 Å². The predicted molar refractivity (Wildman–Crippen MR) is 80.4 cm³/mol. The van der Waals surface area contributed by atoms with E-state index in [9.17, 15) is 4.79 Å². The number of nitrogen functional groups attached to an aromatic ring is 1. The maximum atomic E-state index is 12.9. The van der Waals surface area contributed by atoms with E-state index in [1.165, 1.54) is 0 Å². The van der Waals surface area contributed by atoms with Crippen LogP contribution in [-0.2, 0) is 4.74 Å². The van der Waals surface area contributed by atoms with Gasteiger partial charge in [0, 0.05) is 36.9 Å². The second-order valence-corrected chi connectivity index (χ2v) is 5.88. The van der Waals surface area contributed by atoms with Crippen molar-refractivity contribution in [3.05, 3.63) is 23.8 Å². The van der Waals surface area contributed by atoms with Crippen LogP contribution in [-0.4, -0.2) is 43.7 Å². The van der Waals surface area contributed by atoms with Gasteiger partial charge in [-0.05, 0) is 31.4 Å². The van der Waals surface area contributed by atoms with Gasteiger partial charge in [0.15, 0.2) is 0 Å². The number of benzene rings is 1. The van der Waals surface area contributed by atoms with Gasteiger partial charge in [-0.3, -0.25) is 4.79 Å². The van der Waals surface area contributed by atoms with Crippen LogP contribution in [0.25, 0.3) is 0 Å². The lowest BCUT2D eigenvalue weighted by Gasteiger charge is -2.26. The van der Waals surface area contributed by atoms with E-state index in [0.717, 1.165) is 39.0 Å². The van der Waals surface area contributed by atoms with Gasteiger partial charge >= 0.3 is 0 Å². The van der Waals surface area contributed by atoms with E-state index in [2.05, 4.69) is 0 Å². The first-order valence-electron chi connectivity index (χ1n) is 7.51. The minimum absolute atomic E-state index is 0.0428. The summed E-state index contributed by atoms with van der Waals surface area (Å²) in [5.41, 5.74) is 6.96. The van der Waals surface area contributed by atoms with Crippen LogP contribution in [0.15, 0.2) is 18.2 Å². The number of hydrogen-bond donors (Lipinski definition) is 1. The number of nitrogens with zero attached hydrogens (tertiary/aromatic N) is 1. The summed E-state index contributed by atoms with van der Waals surface area (Å²) < 4.78 is 10.7. The molecule has 1 unspecified atom stereocenters. The highest BCUT2D eigenvalue weighted by molar-refractivity contribution is 5.97. The molecule has 5 nitrogen and oxygen atoms in total. The number of rotatable bonds is 5. The lowest BCUT2D eigenvalue weighted by molar-refractivity contribution is 0.0703. The third kappa shape index (κ3) is 3.13. The molecule has 1 aromatic carbocycles. The fraction of sp³-hybridized carbons (Fsp3) is 0.562. The van der Waals surface area contributed by atoms with Crippen molar-refractivity contribution in [2.45, 2.75) is 25.3 Å². The lowest BCUT2D eigenvalue weighted by atomic mass is 10.1. The zero-order valence-corrected chi connectivity index (χ0v) is 12.4. The topological polar surface area (TPSA) is 64.8 Å². The Balaban J connectivity index is 1.80. The molecule has 1 amide bonds. The zero-order valence-electron chi connectivity index (χ0n) is 12.4. The number of carbonyl (C=O) groups excluding carboxylic acids is 1. The molecule has 21 heavy (non-hydrogen) atoms.